The van der Waals surface area contributed by atoms with Gasteiger partial charge in [0.15, 0.2) is 11.5 Å². The van der Waals surface area contributed by atoms with Crippen LogP contribution in [-0.2, 0) is 23.2 Å². The second kappa shape index (κ2) is 7.83. The monoisotopic (exact) mass is 491 g/mol. The zero-order valence-electron chi connectivity index (χ0n) is 20.6. The van der Waals surface area contributed by atoms with Crippen molar-refractivity contribution in [1.29, 1.82) is 0 Å². The number of aromatic hydroxyl groups is 1. The number of aromatic nitrogens is 1. The van der Waals surface area contributed by atoms with Crippen molar-refractivity contribution in [1.82, 2.24) is 14.8 Å². The van der Waals surface area contributed by atoms with Gasteiger partial charge in [0.2, 0.25) is 0 Å². The number of aliphatic hydroxyl groups is 1. The van der Waals surface area contributed by atoms with Crippen LogP contribution in [0.1, 0.15) is 48.8 Å². The summed E-state index contributed by atoms with van der Waals surface area (Å²) in [6.45, 7) is 2.08. The average Bonchev–Trinajstić information content (AvgIpc) is 3.63. The van der Waals surface area contributed by atoms with E-state index in [1.165, 1.54) is 12.8 Å². The van der Waals surface area contributed by atoms with Gasteiger partial charge in [-0.15, -0.1) is 0 Å². The molecule has 2 aromatic rings. The number of piperidine rings is 1. The highest BCUT2D eigenvalue weighted by atomic mass is 16.6. The summed E-state index contributed by atoms with van der Waals surface area (Å²) < 4.78 is 12.2. The highest BCUT2D eigenvalue weighted by Gasteiger charge is 2.73. The largest absolute Gasteiger partial charge is 0.504 e. The van der Waals surface area contributed by atoms with Crippen molar-refractivity contribution in [3.05, 3.63) is 53.3 Å². The van der Waals surface area contributed by atoms with Gasteiger partial charge in [0.1, 0.15) is 12.7 Å². The standard InChI is InChI=1S/C28H33N3O5/c1-30(26(33)35-16-18-3-2-11-29-14-18)20-8-9-28(34)22-13-19-6-7-21(32)24-23(19)27(28,25(20)36-24)10-12-31(22)15-17-4-5-17/h2-3,6-7,11,14,17,20,22,25,32,34H,4-5,8-10,12-13,15-16H2,1H3/t20-,22+,25-,27-,28+/m0/s1. The molecule has 2 bridgehead atoms. The van der Waals surface area contributed by atoms with Crippen molar-refractivity contribution in [2.75, 3.05) is 20.1 Å². The minimum atomic E-state index is -0.964. The van der Waals surface area contributed by atoms with E-state index in [1.807, 2.05) is 18.2 Å². The number of phenols is 1. The summed E-state index contributed by atoms with van der Waals surface area (Å²) in [5.41, 5.74) is 1.34. The number of amides is 1. The summed E-state index contributed by atoms with van der Waals surface area (Å²) in [6.07, 6.45) is 7.76. The molecule has 3 heterocycles. The smallest absolute Gasteiger partial charge is 0.410 e. The van der Waals surface area contributed by atoms with Gasteiger partial charge < -0.3 is 24.6 Å². The van der Waals surface area contributed by atoms with Crippen LogP contribution < -0.4 is 4.74 Å². The van der Waals surface area contributed by atoms with Crippen molar-refractivity contribution < 1.29 is 24.5 Å². The molecule has 1 amide bonds. The average molecular weight is 492 g/mol. The van der Waals surface area contributed by atoms with Crippen molar-refractivity contribution in [3.8, 4) is 11.5 Å². The number of hydrogen-bond acceptors (Lipinski definition) is 7. The van der Waals surface area contributed by atoms with E-state index in [-0.39, 0.29) is 24.4 Å². The van der Waals surface area contributed by atoms with Crippen molar-refractivity contribution >= 4 is 6.09 Å². The summed E-state index contributed by atoms with van der Waals surface area (Å²) in [5.74, 6) is 1.35. The van der Waals surface area contributed by atoms with E-state index < -0.39 is 23.2 Å². The van der Waals surface area contributed by atoms with Gasteiger partial charge in [-0.1, -0.05) is 12.1 Å². The topological polar surface area (TPSA) is 95.4 Å². The number of likely N-dealkylation sites (tertiary alicyclic amines) is 1. The van der Waals surface area contributed by atoms with E-state index in [4.69, 9.17) is 9.47 Å². The van der Waals surface area contributed by atoms with Gasteiger partial charge >= 0.3 is 6.09 Å². The predicted octanol–water partition coefficient (Wildman–Crippen LogP) is 2.99. The van der Waals surface area contributed by atoms with E-state index in [0.717, 1.165) is 48.5 Å². The Morgan fingerprint density at radius 2 is 2.14 bits per heavy atom. The molecule has 2 saturated carbocycles. The molecular formula is C28H33N3O5. The summed E-state index contributed by atoms with van der Waals surface area (Å²) in [5, 5.41) is 23.3. The molecule has 3 aliphatic carbocycles. The maximum atomic E-state index is 13.1. The lowest BCUT2D eigenvalue weighted by molar-refractivity contribution is -0.198. The minimum Gasteiger partial charge on any atom is -0.504 e. The maximum Gasteiger partial charge on any atom is 0.410 e. The van der Waals surface area contributed by atoms with E-state index >= 15 is 0 Å². The lowest BCUT2D eigenvalue weighted by Gasteiger charge is -2.64. The Labute approximate surface area is 210 Å². The second-order valence-electron chi connectivity index (χ2n) is 11.4. The van der Waals surface area contributed by atoms with E-state index in [2.05, 4.69) is 9.88 Å². The number of carbonyl (C=O) groups is 1. The van der Waals surface area contributed by atoms with E-state index in [0.29, 0.717) is 18.6 Å². The molecular weight excluding hydrogens is 458 g/mol. The van der Waals surface area contributed by atoms with Crippen molar-refractivity contribution in [2.24, 2.45) is 5.92 Å². The highest BCUT2D eigenvalue weighted by Crippen LogP contribution is 2.66. The Kier molecular flexibility index (Phi) is 4.86. The van der Waals surface area contributed by atoms with Crippen LogP contribution in [0.3, 0.4) is 0 Å². The van der Waals surface area contributed by atoms with Crippen LogP contribution in [0.5, 0.6) is 11.5 Å². The highest BCUT2D eigenvalue weighted by molar-refractivity contribution is 5.69. The first-order chi connectivity index (χ1) is 17.4. The van der Waals surface area contributed by atoms with Crippen LogP contribution in [0.4, 0.5) is 4.79 Å². The number of ether oxygens (including phenoxy) is 2. The minimum absolute atomic E-state index is 0.0183. The van der Waals surface area contributed by atoms with Crippen molar-refractivity contribution in [3.63, 3.8) is 0 Å². The van der Waals surface area contributed by atoms with Gasteiger partial charge in [0.25, 0.3) is 0 Å². The fourth-order valence-corrected chi connectivity index (χ4v) is 7.72. The summed E-state index contributed by atoms with van der Waals surface area (Å²) in [4.78, 5) is 21.4. The molecule has 1 aromatic carbocycles. The molecule has 5 aliphatic rings. The van der Waals surface area contributed by atoms with Gasteiger partial charge in [-0.05, 0) is 68.7 Å². The first-order valence-electron chi connectivity index (χ1n) is 13.2. The molecule has 0 radical (unpaired) electrons. The van der Waals surface area contributed by atoms with Crippen LogP contribution in [0.25, 0.3) is 0 Å². The molecule has 3 fully saturated rings. The first-order valence-corrected chi connectivity index (χ1v) is 13.2. The third kappa shape index (κ3) is 3.00. The van der Waals surface area contributed by atoms with Gasteiger partial charge in [0.05, 0.1) is 17.1 Å². The van der Waals surface area contributed by atoms with Gasteiger partial charge in [0, 0.05) is 43.2 Å². The zero-order valence-corrected chi connectivity index (χ0v) is 20.6. The Balaban J connectivity index is 1.23. The number of hydrogen-bond donors (Lipinski definition) is 2. The lowest BCUT2D eigenvalue weighted by atomic mass is 9.48. The van der Waals surface area contributed by atoms with Gasteiger partial charge in [-0.25, -0.2) is 4.79 Å². The number of likely N-dealkylation sites (N-methyl/N-ethyl adjacent to an activating group) is 1. The molecule has 1 saturated heterocycles. The second-order valence-corrected chi connectivity index (χ2v) is 11.4. The molecule has 1 spiro atoms. The molecule has 5 atom stereocenters. The first kappa shape index (κ1) is 22.4. The fraction of sp³-hybridized carbons (Fsp3) is 0.571. The van der Waals surface area contributed by atoms with E-state index in [1.54, 1.807) is 30.4 Å². The third-order valence-electron chi connectivity index (χ3n) is 9.60. The third-order valence-corrected chi connectivity index (χ3v) is 9.60. The number of nitrogens with zero attached hydrogens (tertiary/aromatic N) is 3. The van der Waals surface area contributed by atoms with Crippen LogP contribution in [0, 0.1) is 5.92 Å². The Morgan fingerprint density at radius 3 is 2.92 bits per heavy atom. The Hall–Kier alpha value is -2.84. The van der Waals surface area contributed by atoms with Crippen LogP contribution >= 0.6 is 0 Å². The van der Waals surface area contributed by atoms with Gasteiger partial charge in [-0.2, -0.15) is 0 Å². The number of pyridine rings is 1. The fourth-order valence-electron chi connectivity index (χ4n) is 7.72. The van der Waals surface area contributed by atoms with Crippen molar-refractivity contribution in [2.45, 2.75) is 74.3 Å². The number of benzene rings is 1. The molecule has 190 valence electrons. The molecule has 8 heteroatoms. The molecule has 1 aromatic heterocycles. The van der Waals surface area contributed by atoms with E-state index in [9.17, 15) is 15.0 Å². The molecule has 7 rings (SSSR count). The SMILES string of the molecule is CN(C(=O)OCc1cccnc1)[C@H]1CC[C@@]2(O)[C@H]3Cc4ccc(O)c5c4[C@@]2(CCN3CC2CC2)[C@H]1O5. The summed E-state index contributed by atoms with van der Waals surface area (Å²) in [7, 11) is 1.76. The Morgan fingerprint density at radius 1 is 1.28 bits per heavy atom. The van der Waals surface area contributed by atoms with Crippen LogP contribution in [0.2, 0.25) is 0 Å². The quantitative estimate of drug-likeness (QED) is 0.664. The summed E-state index contributed by atoms with van der Waals surface area (Å²) >= 11 is 0. The van der Waals surface area contributed by atoms with Crippen LogP contribution in [0.15, 0.2) is 36.7 Å². The molecule has 36 heavy (non-hydrogen) atoms. The number of carbonyl (C=O) groups excluding carboxylic acids is 1. The summed E-state index contributed by atoms with van der Waals surface area (Å²) in [6, 6.07) is 7.15. The lowest BCUT2D eigenvalue weighted by Crippen LogP contribution is -2.78. The normalized spacial score (nSPS) is 34.0. The number of rotatable bonds is 5. The predicted molar refractivity (Wildman–Crippen MR) is 131 cm³/mol. The zero-order chi connectivity index (χ0) is 24.7. The van der Waals surface area contributed by atoms with Gasteiger partial charge in [-0.3, -0.25) is 9.88 Å². The molecule has 2 N–H and O–H groups in total. The Bertz CT molecular complexity index is 1200. The van der Waals surface area contributed by atoms with Crippen LogP contribution in [-0.4, -0.2) is 75.0 Å². The molecule has 2 aliphatic heterocycles. The molecule has 0 unspecified atom stereocenters. The molecule has 8 nitrogen and oxygen atoms in total. The number of phenolic OH excluding ortho intramolecular Hbond substituents is 1. The maximum absolute atomic E-state index is 13.1.